The quantitative estimate of drug-likeness (QED) is 0.410. The maximum Gasteiger partial charge on any atom is 0.217 e. The van der Waals surface area contributed by atoms with Crippen LogP contribution in [0, 0.1) is 11.3 Å². The number of rotatable bonds is 6. The zero-order valence-electron chi connectivity index (χ0n) is 20.4. The van der Waals surface area contributed by atoms with E-state index in [4.69, 9.17) is 10.2 Å². The van der Waals surface area contributed by atoms with E-state index in [2.05, 4.69) is 50.7 Å². The Kier molecular flexibility index (Phi) is 6.52. The molecule has 0 spiro atoms. The van der Waals surface area contributed by atoms with Crippen molar-refractivity contribution in [2.45, 2.75) is 45.7 Å². The molecule has 4 aromatic rings. The highest BCUT2D eigenvalue weighted by Crippen LogP contribution is 2.36. The average molecular weight is 502 g/mol. The van der Waals surface area contributed by atoms with E-state index < -0.39 is 0 Å². The van der Waals surface area contributed by atoms with Gasteiger partial charge >= 0.3 is 0 Å². The summed E-state index contributed by atoms with van der Waals surface area (Å²) >= 11 is 1.55. The van der Waals surface area contributed by atoms with Crippen LogP contribution in [-0.2, 0) is 4.79 Å². The average Bonchev–Trinajstić information content (AvgIpc) is 3.51. The molecule has 1 saturated heterocycles. The largest absolute Gasteiger partial charge is 0.382 e. The van der Waals surface area contributed by atoms with Crippen LogP contribution in [0.5, 0.6) is 0 Å². The van der Waals surface area contributed by atoms with Crippen LogP contribution >= 0.6 is 11.3 Å². The summed E-state index contributed by atoms with van der Waals surface area (Å²) in [6.07, 6.45) is 5.16. The predicted octanol–water partition coefficient (Wildman–Crippen LogP) is 3.71. The minimum absolute atomic E-state index is 0.0172. The third kappa shape index (κ3) is 4.85. The van der Waals surface area contributed by atoms with Gasteiger partial charge in [0.1, 0.15) is 6.07 Å². The van der Waals surface area contributed by atoms with E-state index in [1.165, 1.54) is 0 Å². The van der Waals surface area contributed by atoms with E-state index in [0.29, 0.717) is 5.56 Å². The second-order valence-corrected chi connectivity index (χ2v) is 10.1. The molecule has 5 rings (SSSR count). The molecule has 36 heavy (non-hydrogen) atoms. The standard InChI is InChI=1S/C25H27N9OS/c1-15(2)29-21-11-22(23-5-4-19-10-17(12-26)13-28-34(19)23)27-14-20(21)24-31-32-25(36-24)33-8-6-18(7-9-33)30-16(3)35/h4-5,10-11,13-15,18H,6-9H2,1-3H3,(H,27,29)(H,30,35). The summed E-state index contributed by atoms with van der Waals surface area (Å²) in [7, 11) is 0. The molecule has 10 nitrogen and oxygen atoms in total. The van der Waals surface area contributed by atoms with Gasteiger partial charge in [0.25, 0.3) is 0 Å². The number of hydrogen-bond donors (Lipinski definition) is 2. The van der Waals surface area contributed by atoms with Gasteiger partial charge in [-0.3, -0.25) is 9.78 Å². The van der Waals surface area contributed by atoms with Crippen LogP contribution in [0.25, 0.3) is 27.5 Å². The molecule has 1 fully saturated rings. The molecule has 0 aliphatic carbocycles. The Morgan fingerprint density at radius 3 is 2.72 bits per heavy atom. The van der Waals surface area contributed by atoms with Crippen molar-refractivity contribution < 1.29 is 4.79 Å². The molecule has 2 N–H and O–H groups in total. The van der Waals surface area contributed by atoms with E-state index in [9.17, 15) is 4.79 Å². The fraction of sp³-hybridized carbons (Fsp3) is 0.360. The van der Waals surface area contributed by atoms with Crippen LogP contribution in [0.1, 0.15) is 39.2 Å². The lowest BCUT2D eigenvalue weighted by atomic mass is 10.1. The molecule has 1 aliphatic rings. The molecule has 5 heterocycles. The summed E-state index contributed by atoms with van der Waals surface area (Å²) < 4.78 is 1.79. The summed E-state index contributed by atoms with van der Waals surface area (Å²) in [6.45, 7) is 7.40. The van der Waals surface area contributed by atoms with Gasteiger partial charge in [0.15, 0.2) is 5.01 Å². The predicted molar refractivity (Wildman–Crippen MR) is 140 cm³/mol. The molecule has 1 aliphatic heterocycles. The van der Waals surface area contributed by atoms with Crippen LogP contribution in [0.3, 0.4) is 0 Å². The van der Waals surface area contributed by atoms with Crippen LogP contribution in [0.2, 0.25) is 0 Å². The van der Waals surface area contributed by atoms with Gasteiger partial charge < -0.3 is 15.5 Å². The Bertz CT molecular complexity index is 1440. The summed E-state index contributed by atoms with van der Waals surface area (Å²) in [4.78, 5) is 18.3. The van der Waals surface area contributed by atoms with Gasteiger partial charge in [0.05, 0.1) is 34.2 Å². The lowest BCUT2D eigenvalue weighted by molar-refractivity contribution is -0.119. The minimum Gasteiger partial charge on any atom is -0.382 e. The second kappa shape index (κ2) is 9.91. The van der Waals surface area contributed by atoms with Crippen molar-refractivity contribution in [1.82, 2.24) is 30.1 Å². The Hall–Kier alpha value is -4.04. The number of aromatic nitrogens is 5. The number of nitrogens with one attached hydrogen (secondary N) is 2. The Labute approximate surface area is 213 Å². The number of carbonyl (C=O) groups excluding carboxylic acids is 1. The highest BCUT2D eigenvalue weighted by molar-refractivity contribution is 7.18. The first-order valence-electron chi connectivity index (χ1n) is 11.9. The van der Waals surface area contributed by atoms with Crippen LogP contribution in [0.15, 0.2) is 36.7 Å². The van der Waals surface area contributed by atoms with Crippen molar-refractivity contribution in [3.8, 4) is 28.0 Å². The SMILES string of the molecule is CC(=O)NC1CCN(c2nnc(-c3cnc(-c4ccc5cc(C#N)cnn45)cc3NC(C)C)s2)CC1. The van der Waals surface area contributed by atoms with Gasteiger partial charge in [-0.1, -0.05) is 11.3 Å². The third-order valence-electron chi connectivity index (χ3n) is 6.06. The maximum absolute atomic E-state index is 11.3. The smallest absolute Gasteiger partial charge is 0.217 e. The molecule has 0 bridgehead atoms. The fourth-order valence-corrected chi connectivity index (χ4v) is 5.33. The highest BCUT2D eigenvalue weighted by atomic mass is 32.1. The van der Waals surface area contributed by atoms with Gasteiger partial charge in [-0.25, -0.2) is 4.52 Å². The molecule has 0 aromatic carbocycles. The first-order chi connectivity index (χ1) is 17.4. The lowest BCUT2D eigenvalue weighted by Crippen LogP contribution is -2.44. The van der Waals surface area contributed by atoms with Gasteiger partial charge in [-0.15, -0.1) is 10.2 Å². The number of pyridine rings is 1. The minimum atomic E-state index is 0.0172. The second-order valence-electron chi connectivity index (χ2n) is 9.18. The van der Waals surface area contributed by atoms with Crippen molar-refractivity contribution in [2.75, 3.05) is 23.3 Å². The zero-order chi connectivity index (χ0) is 25.2. The maximum atomic E-state index is 11.3. The number of amides is 1. The van der Waals surface area contributed by atoms with E-state index >= 15 is 0 Å². The van der Waals surface area contributed by atoms with Crippen molar-refractivity contribution in [3.05, 3.63) is 42.2 Å². The van der Waals surface area contributed by atoms with E-state index in [-0.39, 0.29) is 18.0 Å². The Morgan fingerprint density at radius 2 is 2.00 bits per heavy atom. The van der Waals surface area contributed by atoms with E-state index in [1.54, 1.807) is 35.0 Å². The highest BCUT2D eigenvalue weighted by Gasteiger charge is 2.23. The van der Waals surface area contributed by atoms with Crippen LogP contribution < -0.4 is 15.5 Å². The summed E-state index contributed by atoms with van der Waals surface area (Å²) in [6, 6.07) is 10.3. The van der Waals surface area contributed by atoms with Crippen molar-refractivity contribution in [2.24, 2.45) is 0 Å². The number of fused-ring (bicyclic) bond motifs is 1. The monoisotopic (exact) mass is 501 g/mol. The normalized spacial score (nSPS) is 14.2. The lowest BCUT2D eigenvalue weighted by Gasteiger charge is -2.31. The molecular formula is C25H27N9OS. The summed E-state index contributed by atoms with van der Waals surface area (Å²) in [5.41, 5.74) is 4.78. The van der Waals surface area contributed by atoms with Crippen LogP contribution in [0.4, 0.5) is 10.8 Å². The zero-order valence-corrected chi connectivity index (χ0v) is 21.2. The number of nitrogens with zero attached hydrogens (tertiary/aromatic N) is 7. The molecule has 0 atom stereocenters. The number of piperidine rings is 1. The van der Waals surface area contributed by atoms with Crippen molar-refractivity contribution in [3.63, 3.8) is 0 Å². The van der Waals surface area contributed by atoms with Crippen LogP contribution in [-0.4, -0.2) is 55.9 Å². The van der Waals surface area contributed by atoms with E-state index in [1.807, 2.05) is 24.4 Å². The van der Waals surface area contributed by atoms with Crippen molar-refractivity contribution >= 4 is 33.6 Å². The first-order valence-corrected chi connectivity index (χ1v) is 12.7. The molecule has 4 aromatic heterocycles. The summed E-state index contributed by atoms with van der Waals surface area (Å²) in [5.74, 6) is 0.0172. The summed E-state index contributed by atoms with van der Waals surface area (Å²) in [5, 5.41) is 30.7. The fourth-order valence-electron chi connectivity index (χ4n) is 4.41. The van der Waals surface area contributed by atoms with Gasteiger partial charge in [0.2, 0.25) is 11.0 Å². The molecule has 0 radical (unpaired) electrons. The molecule has 0 saturated carbocycles. The topological polar surface area (TPSA) is 124 Å². The molecule has 11 heteroatoms. The Morgan fingerprint density at radius 1 is 1.19 bits per heavy atom. The molecule has 184 valence electrons. The van der Waals surface area contributed by atoms with Gasteiger partial charge in [-0.2, -0.15) is 10.4 Å². The first kappa shape index (κ1) is 23.7. The Balaban J connectivity index is 1.42. The third-order valence-corrected chi connectivity index (χ3v) is 7.08. The van der Waals surface area contributed by atoms with Crippen molar-refractivity contribution in [1.29, 1.82) is 5.26 Å². The molecular weight excluding hydrogens is 474 g/mol. The number of carbonyl (C=O) groups is 1. The molecule has 1 amide bonds. The number of hydrogen-bond acceptors (Lipinski definition) is 9. The van der Waals surface area contributed by atoms with Gasteiger partial charge in [-0.05, 0) is 51.0 Å². The van der Waals surface area contributed by atoms with E-state index in [0.717, 1.165) is 64.2 Å². The number of nitriles is 1. The van der Waals surface area contributed by atoms with Gasteiger partial charge in [0, 0.05) is 44.0 Å². The number of anilines is 2. The molecule has 0 unspecified atom stereocenters.